The summed E-state index contributed by atoms with van der Waals surface area (Å²) < 4.78 is 17.0. The van der Waals surface area contributed by atoms with E-state index in [0.717, 1.165) is 12.8 Å². The van der Waals surface area contributed by atoms with Crippen LogP contribution in [0.1, 0.15) is 37.0 Å². The largest absolute Gasteiger partial charge is 0.353 e. The number of hydrogen-bond donors (Lipinski definition) is 2. The summed E-state index contributed by atoms with van der Waals surface area (Å²) in [5.74, 6) is 0.459. The minimum Gasteiger partial charge on any atom is -0.353 e. The van der Waals surface area contributed by atoms with E-state index in [2.05, 4.69) is 20.9 Å². The van der Waals surface area contributed by atoms with Crippen molar-refractivity contribution >= 4 is 34.0 Å². The molecule has 11 nitrogen and oxygen atoms in total. The molecule has 2 aliphatic carbocycles. The molecule has 1 saturated heterocycles. The molecule has 182 valence electrons. The zero-order chi connectivity index (χ0) is 24.3. The molecule has 1 amide bonds. The number of fused-ring (bicyclic) bond motifs is 6. The molecule has 0 spiro atoms. The molecule has 0 unspecified atom stereocenters. The number of carbonyl (C=O) groups is 1. The Labute approximate surface area is 200 Å². The van der Waals surface area contributed by atoms with Gasteiger partial charge in [-0.2, -0.15) is 0 Å². The molecule has 6 rings (SSSR count). The number of aromatic nitrogens is 2. The predicted molar refractivity (Wildman–Crippen MR) is 124 cm³/mol. The van der Waals surface area contributed by atoms with Crippen LogP contribution in [-0.2, 0) is 9.47 Å². The molecule has 0 radical (unpaired) electrons. The van der Waals surface area contributed by atoms with Crippen molar-refractivity contribution in [1.82, 2.24) is 15.6 Å². The highest BCUT2D eigenvalue weighted by Gasteiger charge is 2.59. The van der Waals surface area contributed by atoms with Crippen LogP contribution in [0.5, 0.6) is 0 Å². The lowest BCUT2D eigenvalue weighted by Gasteiger charge is -2.29. The first kappa shape index (κ1) is 21.9. The van der Waals surface area contributed by atoms with E-state index in [0.29, 0.717) is 41.2 Å². The first-order valence-electron chi connectivity index (χ1n) is 11.7. The summed E-state index contributed by atoms with van der Waals surface area (Å²) in [5.41, 5.74) is 1.51. The minimum absolute atomic E-state index is 0.0396. The van der Waals surface area contributed by atoms with E-state index in [-0.39, 0.29) is 34.8 Å². The summed E-state index contributed by atoms with van der Waals surface area (Å²) in [4.78, 5) is 23.9. The van der Waals surface area contributed by atoms with Crippen LogP contribution in [-0.4, -0.2) is 45.7 Å². The van der Waals surface area contributed by atoms with Crippen LogP contribution < -0.4 is 10.6 Å². The van der Waals surface area contributed by atoms with Gasteiger partial charge in [0, 0.05) is 12.6 Å². The maximum absolute atomic E-state index is 13.2. The molecule has 2 bridgehead atoms. The van der Waals surface area contributed by atoms with Crippen LogP contribution in [0.25, 0.3) is 11.0 Å². The summed E-state index contributed by atoms with van der Waals surface area (Å²) >= 11 is 0. The third-order valence-corrected chi connectivity index (χ3v) is 7.39. The van der Waals surface area contributed by atoms with Crippen molar-refractivity contribution in [2.24, 2.45) is 17.8 Å². The van der Waals surface area contributed by atoms with Crippen molar-refractivity contribution in [1.29, 1.82) is 0 Å². The fourth-order valence-corrected chi connectivity index (χ4v) is 5.98. The Hall–Kier alpha value is -3.57. The number of ether oxygens (including phenoxy) is 2. The quantitative estimate of drug-likeness (QED) is 0.399. The summed E-state index contributed by atoms with van der Waals surface area (Å²) in [6.45, 7) is 4.48. The molecule has 35 heavy (non-hydrogen) atoms. The first-order chi connectivity index (χ1) is 16.8. The number of nitro benzene ring substituents is 1. The van der Waals surface area contributed by atoms with E-state index in [1.54, 1.807) is 24.3 Å². The Morgan fingerprint density at radius 2 is 1.86 bits per heavy atom. The summed E-state index contributed by atoms with van der Waals surface area (Å²) in [6.07, 6.45) is 2.36. The number of hydrogen-bond acceptors (Lipinski definition) is 9. The Morgan fingerprint density at radius 3 is 2.69 bits per heavy atom. The highest BCUT2D eigenvalue weighted by atomic mass is 16.8. The Morgan fingerprint density at radius 1 is 1.09 bits per heavy atom. The van der Waals surface area contributed by atoms with Gasteiger partial charge in [-0.15, -0.1) is 0 Å². The number of rotatable bonds is 6. The lowest BCUT2D eigenvalue weighted by atomic mass is 9.85. The Kier molecular flexibility index (Phi) is 5.01. The van der Waals surface area contributed by atoms with Gasteiger partial charge in [-0.1, -0.05) is 12.1 Å². The molecular weight excluding hydrogens is 454 g/mol. The SMILES string of the molecule is CC1(C)O[C@@H]2[C@@H]3C[C@@H](C[C@@H]3CNC(=O)c3ccccc3Nc3ccc([N+](=O)[O-])c4nonc34)[C@@H]2O1. The smallest absolute Gasteiger partial charge is 0.300 e. The van der Waals surface area contributed by atoms with Crippen molar-refractivity contribution in [3.05, 3.63) is 52.1 Å². The van der Waals surface area contributed by atoms with E-state index in [1.807, 2.05) is 13.8 Å². The molecule has 2 heterocycles. The van der Waals surface area contributed by atoms with Gasteiger partial charge < -0.3 is 20.1 Å². The van der Waals surface area contributed by atoms with Gasteiger partial charge >= 0.3 is 5.69 Å². The van der Waals surface area contributed by atoms with E-state index < -0.39 is 10.7 Å². The molecule has 2 saturated carbocycles. The van der Waals surface area contributed by atoms with Gasteiger partial charge in [-0.25, -0.2) is 4.63 Å². The van der Waals surface area contributed by atoms with Gasteiger partial charge in [-0.05, 0) is 73.0 Å². The average molecular weight is 479 g/mol. The van der Waals surface area contributed by atoms with Crippen molar-refractivity contribution < 1.29 is 23.8 Å². The lowest BCUT2D eigenvalue weighted by Crippen LogP contribution is -2.40. The van der Waals surface area contributed by atoms with Crippen LogP contribution in [0.3, 0.4) is 0 Å². The van der Waals surface area contributed by atoms with Crippen molar-refractivity contribution in [3.63, 3.8) is 0 Å². The van der Waals surface area contributed by atoms with Crippen molar-refractivity contribution in [3.8, 4) is 0 Å². The number of nitro groups is 1. The maximum Gasteiger partial charge on any atom is 0.300 e. The number of amides is 1. The maximum atomic E-state index is 13.2. The first-order valence-corrected chi connectivity index (χ1v) is 11.7. The van der Waals surface area contributed by atoms with E-state index in [4.69, 9.17) is 14.1 Å². The molecule has 3 aromatic rings. The van der Waals surface area contributed by atoms with E-state index >= 15 is 0 Å². The van der Waals surface area contributed by atoms with Crippen LogP contribution in [0.15, 0.2) is 41.0 Å². The fourth-order valence-electron chi connectivity index (χ4n) is 5.98. The molecule has 2 aromatic carbocycles. The van der Waals surface area contributed by atoms with Gasteiger partial charge in [0.1, 0.15) is 0 Å². The van der Waals surface area contributed by atoms with Crippen LogP contribution in [0, 0.1) is 27.9 Å². The average Bonchev–Trinajstić information content (AvgIpc) is 3.58. The highest BCUT2D eigenvalue weighted by molar-refractivity contribution is 6.02. The number of benzene rings is 2. The fraction of sp³-hybridized carbons (Fsp3) is 0.458. The summed E-state index contributed by atoms with van der Waals surface area (Å²) in [5, 5.41) is 25.0. The number of non-ortho nitro benzene ring substituents is 1. The van der Waals surface area contributed by atoms with Gasteiger partial charge in [-0.3, -0.25) is 14.9 Å². The third kappa shape index (κ3) is 3.71. The van der Waals surface area contributed by atoms with Crippen molar-refractivity contribution in [2.45, 2.75) is 44.7 Å². The van der Waals surface area contributed by atoms with Gasteiger partial charge in [0.05, 0.1) is 34.1 Å². The second kappa shape index (κ2) is 7.99. The predicted octanol–water partition coefficient (Wildman–Crippen LogP) is 3.78. The van der Waals surface area contributed by atoms with Crippen LogP contribution >= 0.6 is 0 Å². The summed E-state index contributed by atoms with van der Waals surface area (Å²) in [7, 11) is 0. The zero-order valence-corrected chi connectivity index (χ0v) is 19.3. The second-order valence-electron chi connectivity index (χ2n) is 9.95. The third-order valence-electron chi connectivity index (χ3n) is 7.39. The van der Waals surface area contributed by atoms with E-state index in [1.165, 1.54) is 12.1 Å². The molecule has 1 aromatic heterocycles. The Bertz CT molecular complexity index is 1320. The topological polar surface area (TPSA) is 142 Å². The number of nitrogens with zero attached hydrogens (tertiary/aromatic N) is 3. The molecule has 3 aliphatic rings. The molecule has 11 heteroatoms. The standard InChI is InChI=1S/C24H25N5O6/c1-24(2)33-21-12-9-13(15(10-12)22(21)34-24)11-25-23(30)14-5-3-4-6-16(14)26-17-7-8-18(29(31)32)20-19(17)27-35-28-20/h3-8,12-13,15,21-22,26H,9-11H2,1-2H3,(H,25,30)/t12-,13-,15-,21+,22-/m1/s1. The summed E-state index contributed by atoms with van der Waals surface area (Å²) in [6, 6.07) is 9.94. The molecular formula is C24H25N5O6. The number of para-hydroxylation sites is 1. The number of anilines is 2. The normalized spacial score (nSPS) is 28.2. The van der Waals surface area contributed by atoms with E-state index in [9.17, 15) is 14.9 Å². The van der Waals surface area contributed by atoms with Gasteiger partial charge in [0.15, 0.2) is 11.3 Å². The highest BCUT2D eigenvalue weighted by Crippen LogP contribution is 2.55. The second-order valence-corrected chi connectivity index (χ2v) is 9.95. The van der Waals surface area contributed by atoms with Gasteiger partial charge in [0.25, 0.3) is 5.91 Å². The molecule has 3 fully saturated rings. The number of nitrogens with one attached hydrogen (secondary N) is 2. The molecule has 1 aliphatic heterocycles. The Balaban J connectivity index is 1.17. The van der Waals surface area contributed by atoms with Crippen LogP contribution in [0.4, 0.5) is 17.1 Å². The van der Waals surface area contributed by atoms with Crippen molar-refractivity contribution in [2.75, 3.05) is 11.9 Å². The molecule has 5 atom stereocenters. The van der Waals surface area contributed by atoms with Gasteiger partial charge in [0.2, 0.25) is 5.52 Å². The zero-order valence-electron chi connectivity index (χ0n) is 19.3. The lowest BCUT2D eigenvalue weighted by molar-refractivity contribution is -0.383. The number of carbonyl (C=O) groups excluding carboxylic acids is 1. The molecule has 2 N–H and O–H groups in total. The van der Waals surface area contributed by atoms with Crippen LogP contribution in [0.2, 0.25) is 0 Å². The monoisotopic (exact) mass is 479 g/mol. The minimum atomic E-state index is -0.544.